The van der Waals surface area contributed by atoms with Crippen LogP contribution in [0.3, 0.4) is 0 Å². The summed E-state index contributed by atoms with van der Waals surface area (Å²) in [6.07, 6.45) is 6.37. The van der Waals surface area contributed by atoms with Gasteiger partial charge in [-0.2, -0.15) is 0 Å². The Hall–Kier alpha value is -1.34. The number of anilines is 1. The minimum atomic E-state index is 0.152. The number of rotatable bonds is 5. The van der Waals surface area contributed by atoms with E-state index in [0.717, 1.165) is 15.6 Å². The monoisotopic (exact) mass is 350 g/mol. The summed E-state index contributed by atoms with van der Waals surface area (Å²) in [5.74, 6) is 0.530. The molecule has 2 heterocycles. The van der Waals surface area contributed by atoms with Crippen molar-refractivity contribution >= 4 is 34.0 Å². The number of nitrogens with two attached hydrogens (primary N) is 1. The van der Waals surface area contributed by atoms with Crippen molar-refractivity contribution in [3.05, 3.63) is 23.0 Å². The second kappa shape index (κ2) is 7.05. The van der Waals surface area contributed by atoms with E-state index in [0.29, 0.717) is 16.9 Å². The highest BCUT2D eigenvalue weighted by atomic mass is 32.2. The first-order valence-electron chi connectivity index (χ1n) is 7.99. The van der Waals surface area contributed by atoms with Crippen molar-refractivity contribution in [3.63, 3.8) is 0 Å². The minimum absolute atomic E-state index is 0.152. The Morgan fingerprint density at radius 2 is 2.09 bits per heavy atom. The number of nitrogens with zero attached hydrogens (tertiary/aromatic N) is 3. The SMILES string of the molecule is Cc1cc(C(=O)CSc2nnc(N)s2)c(C)n1C1CCCCC1. The molecule has 2 N–H and O–H groups in total. The van der Waals surface area contributed by atoms with Gasteiger partial charge >= 0.3 is 0 Å². The molecule has 7 heteroatoms. The summed E-state index contributed by atoms with van der Waals surface area (Å²) >= 11 is 2.73. The molecule has 0 radical (unpaired) electrons. The van der Waals surface area contributed by atoms with E-state index in [4.69, 9.17) is 5.73 Å². The normalized spacial score (nSPS) is 15.9. The Morgan fingerprint density at radius 3 is 2.74 bits per heavy atom. The summed E-state index contributed by atoms with van der Waals surface area (Å²) in [6.45, 7) is 4.18. The average molecular weight is 351 g/mol. The molecule has 124 valence electrons. The number of thioether (sulfide) groups is 1. The van der Waals surface area contributed by atoms with E-state index in [1.807, 2.05) is 6.07 Å². The molecule has 1 aliphatic rings. The van der Waals surface area contributed by atoms with E-state index >= 15 is 0 Å². The third-order valence-electron chi connectivity index (χ3n) is 4.47. The summed E-state index contributed by atoms with van der Waals surface area (Å²) in [4.78, 5) is 12.6. The Balaban J connectivity index is 1.73. The molecule has 1 saturated carbocycles. The van der Waals surface area contributed by atoms with Crippen LogP contribution < -0.4 is 5.73 Å². The molecular weight excluding hydrogens is 328 g/mol. The van der Waals surface area contributed by atoms with Gasteiger partial charge in [-0.3, -0.25) is 4.79 Å². The molecule has 0 amide bonds. The standard InChI is InChI=1S/C16H22N4OS2/c1-10-8-13(11(2)20(10)12-6-4-3-5-7-12)14(21)9-22-16-19-18-15(17)23-16/h8,12H,3-7,9H2,1-2H3,(H2,17,18). The van der Waals surface area contributed by atoms with Gasteiger partial charge < -0.3 is 10.3 Å². The maximum Gasteiger partial charge on any atom is 0.203 e. The van der Waals surface area contributed by atoms with Gasteiger partial charge in [-0.1, -0.05) is 42.4 Å². The lowest BCUT2D eigenvalue weighted by Crippen LogP contribution is -2.16. The predicted molar refractivity (Wildman–Crippen MR) is 95.4 cm³/mol. The first kappa shape index (κ1) is 16.5. The van der Waals surface area contributed by atoms with Crippen molar-refractivity contribution in [1.82, 2.24) is 14.8 Å². The number of nitrogen functional groups attached to an aromatic ring is 1. The molecule has 0 bridgehead atoms. The van der Waals surface area contributed by atoms with Crippen molar-refractivity contribution in [2.75, 3.05) is 11.5 Å². The van der Waals surface area contributed by atoms with Crippen LogP contribution in [0.25, 0.3) is 0 Å². The third kappa shape index (κ3) is 3.61. The van der Waals surface area contributed by atoms with Gasteiger partial charge in [0.15, 0.2) is 10.1 Å². The van der Waals surface area contributed by atoms with E-state index in [2.05, 4.69) is 28.6 Å². The van der Waals surface area contributed by atoms with Crippen molar-refractivity contribution < 1.29 is 4.79 Å². The van der Waals surface area contributed by atoms with Crippen LogP contribution in [0, 0.1) is 13.8 Å². The smallest absolute Gasteiger partial charge is 0.203 e. The van der Waals surface area contributed by atoms with Crippen LogP contribution >= 0.6 is 23.1 Å². The Bertz CT molecular complexity index is 701. The number of carbonyl (C=O) groups is 1. The number of hydrogen-bond acceptors (Lipinski definition) is 6. The first-order valence-corrected chi connectivity index (χ1v) is 9.80. The third-order valence-corrected chi connectivity index (χ3v) is 6.36. The van der Waals surface area contributed by atoms with Gasteiger partial charge in [0.05, 0.1) is 5.75 Å². The quantitative estimate of drug-likeness (QED) is 0.651. The van der Waals surface area contributed by atoms with E-state index < -0.39 is 0 Å². The number of aryl methyl sites for hydroxylation is 1. The largest absolute Gasteiger partial charge is 0.374 e. The molecule has 0 aromatic carbocycles. The van der Waals surface area contributed by atoms with Gasteiger partial charge in [-0.15, -0.1) is 10.2 Å². The van der Waals surface area contributed by atoms with E-state index in [1.165, 1.54) is 60.9 Å². The minimum Gasteiger partial charge on any atom is -0.374 e. The highest BCUT2D eigenvalue weighted by molar-refractivity contribution is 8.01. The number of Topliss-reactive ketones (excluding diaryl/α,β-unsaturated/α-hetero) is 1. The number of ketones is 1. The average Bonchev–Trinajstić information content (AvgIpc) is 3.09. The molecule has 5 nitrogen and oxygen atoms in total. The summed E-state index contributed by atoms with van der Waals surface area (Å²) < 4.78 is 3.12. The number of hydrogen-bond donors (Lipinski definition) is 1. The zero-order chi connectivity index (χ0) is 16.4. The topological polar surface area (TPSA) is 73.8 Å². The Labute approximate surface area is 144 Å². The van der Waals surface area contributed by atoms with Crippen LogP contribution in [0.1, 0.15) is 59.9 Å². The van der Waals surface area contributed by atoms with Crippen LogP contribution in [-0.2, 0) is 0 Å². The van der Waals surface area contributed by atoms with Gasteiger partial charge in [-0.05, 0) is 32.8 Å². The fourth-order valence-corrected chi connectivity index (χ4v) is 4.96. The Kier molecular flexibility index (Phi) is 5.06. The van der Waals surface area contributed by atoms with Gasteiger partial charge in [0.2, 0.25) is 5.13 Å². The molecule has 2 aromatic rings. The van der Waals surface area contributed by atoms with E-state index in [-0.39, 0.29) is 5.78 Å². The summed E-state index contributed by atoms with van der Waals surface area (Å²) in [7, 11) is 0. The second-order valence-electron chi connectivity index (χ2n) is 6.06. The van der Waals surface area contributed by atoms with Crippen molar-refractivity contribution in [2.45, 2.75) is 56.3 Å². The lowest BCUT2D eigenvalue weighted by atomic mass is 9.95. The van der Waals surface area contributed by atoms with Gasteiger partial charge in [-0.25, -0.2) is 0 Å². The molecule has 2 aromatic heterocycles. The van der Waals surface area contributed by atoms with E-state index in [1.54, 1.807) is 0 Å². The van der Waals surface area contributed by atoms with Crippen LogP contribution in [-0.4, -0.2) is 26.3 Å². The molecular formula is C16H22N4OS2. The first-order chi connectivity index (χ1) is 11.1. The zero-order valence-corrected chi connectivity index (χ0v) is 15.2. The summed E-state index contributed by atoms with van der Waals surface area (Å²) in [6, 6.07) is 2.60. The van der Waals surface area contributed by atoms with Crippen molar-refractivity contribution in [2.24, 2.45) is 0 Å². The molecule has 0 spiro atoms. The highest BCUT2D eigenvalue weighted by Crippen LogP contribution is 2.33. The van der Waals surface area contributed by atoms with Crippen molar-refractivity contribution in [1.29, 1.82) is 0 Å². The maximum atomic E-state index is 12.6. The molecule has 0 unspecified atom stereocenters. The molecule has 3 rings (SSSR count). The summed E-state index contributed by atoms with van der Waals surface area (Å²) in [5.41, 5.74) is 8.72. The maximum absolute atomic E-state index is 12.6. The second-order valence-corrected chi connectivity index (χ2v) is 8.30. The zero-order valence-electron chi connectivity index (χ0n) is 13.5. The highest BCUT2D eigenvalue weighted by Gasteiger charge is 2.22. The lowest BCUT2D eigenvalue weighted by Gasteiger charge is -2.26. The van der Waals surface area contributed by atoms with Crippen LogP contribution in [0.2, 0.25) is 0 Å². The summed E-state index contributed by atoms with van der Waals surface area (Å²) in [5, 5.41) is 8.16. The lowest BCUT2D eigenvalue weighted by molar-refractivity contribution is 0.102. The van der Waals surface area contributed by atoms with E-state index in [9.17, 15) is 4.79 Å². The van der Waals surface area contributed by atoms with Gasteiger partial charge in [0.1, 0.15) is 0 Å². The van der Waals surface area contributed by atoms with Crippen LogP contribution in [0.15, 0.2) is 10.4 Å². The molecule has 0 aliphatic heterocycles. The fourth-order valence-electron chi connectivity index (χ4n) is 3.44. The van der Waals surface area contributed by atoms with Crippen LogP contribution in [0.4, 0.5) is 5.13 Å². The molecule has 1 aliphatic carbocycles. The Morgan fingerprint density at radius 1 is 1.35 bits per heavy atom. The fraction of sp³-hybridized carbons (Fsp3) is 0.562. The molecule has 23 heavy (non-hydrogen) atoms. The van der Waals surface area contributed by atoms with Gasteiger partial charge in [0, 0.05) is 23.0 Å². The number of aromatic nitrogens is 3. The van der Waals surface area contributed by atoms with Crippen LogP contribution in [0.5, 0.6) is 0 Å². The molecule has 0 saturated heterocycles. The predicted octanol–water partition coefficient (Wildman–Crippen LogP) is 4.02. The van der Waals surface area contributed by atoms with Gasteiger partial charge in [0.25, 0.3) is 0 Å². The number of carbonyl (C=O) groups excluding carboxylic acids is 1. The van der Waals surface area contributed by atoms with Crippen molar-refractivity contribution in [3.8, 4) is 0 Å². The molecule has 1 fully saturated rings. The molecule has 0 atom stereocenters.